The highest BCUT2D eigenvalue weighted by Crippen LogP contribution is 1.91. The summed E-state index contributed by atoms with van der Waals surface area (Å²) in [5, 5.41) is 7.19. The van der Waals surface area contributed by atoms with Gasteiger partial charge in [-0.15, -0.1) is 0 Å². The van der Waals surface area contributed by atoms with E-state index in [-0.39, 0.29) is 0 Å². The Labute approximate surface area is 92.8 Å². The molecule has 16 heavy (non-hydrogen) atoms. The number of carbonyl (C=O) groups is 1. The van der Waals surface area contributed by atoms with Crippen molar-refractivity contribution in [1.29, 1.82) is 0 Å². The van der Waals surface area contributed by atoms with Crippen LogP contribution in [0.25, 0.3) is 5.82 Å². The van der Waals surface area contributed by atoms with Crippen LogP contribution in [0, 0.1) is 0 Å². The van der Waals surface area contributed by atoms with E-state index >= 15 is 0 Å². The van der Waals surface area contributed by atoms with Crippen molar-refractivity contribution in [3.8, 4) is 5.82 Å². The molecule has 0 aliphatic carbocycles. The minimum absolute atomic E-state index is 0.943. The highest BCUT2D eigenvalue weighted by molar-refractivity contribution is 5.61. The molecule has 0 aromatic carbocycles. The molecule has 82 valence electrons. The molecule has 0 spiro atoms. The van der Waals surface area contributed by atoms with E-state index in [1.54, 1.807) is 6.20 Å². The molecule has 2 heterocycles. The lowest BCUT2D eigenvalue weighted by Gasteiger charge is -1.91. The molecule has 2 rings (SSSR count). The minimum Gasteiger partial charge on any atom is -0.465 e. The fourth-order valence-electron chi connectivity index (χ4n) is 1.06. The van der Waals surface area contributed by atoms with Gasteiger partial charge in [-0.2, -0.15) is 0 Å². The van der Waals surface area contributed by atoms with E-state index in [2.05, 4.69) is 10.7 Å². The van der Waals surface area contributed by atoms with E-state index in [4.69, 9.17) is 9.90 Å². The van der Waals surface area contributed by atoms with E-state index in [9.17, 15) is 0 Å². The van der Waals surface area contributed by atoms with Crippen molar-refractivity contribution >= 4 is 6.09 Å². The molecule has 1 amide bonds. The third-order valence-electron chi connectivity index (χ3n) is 1.63. The lowest BCUT2D eigenvalue weighted by atomic mass is 10.4. The van der Waals surface area contributed by atoms with E-state index in [0.717, 1.165) is 5.82 Å². The van der Waals surface area contributed by atoms with Gasteiger partial charge in [0.1, 0.15) is 6.20 Å². The van der Waals surface area contributed by atoms with Gasteiger partial charge in [0.2, 0.25) is 0 Å². The highest BCUT2D eigenvalue weighted by atomic mass is 16.4. The van der Waals surface area contributed by atoms with Gasteiger partial charge in [-0.3, -0.25) is 0 Å². The Balaban J connectivity index is 0.000000280. The standard InChI is InChI=1S/C10H9N2.CH3NO2/c1-4-8-12(9-5-1)10-6-2-3-7-11-10;2-1(3)4/h1-9H;2H2,(H,3,4)/q+1;. The number of amides is 1. The molecule has 5 heteroatoms. The molecule has 0 atom stereocenters. The molecule has 0 fully saturated rings. The third-order valence-corrected chi connectivity index (χ3v) is 1.63. The van der Waals surface area contributed by atoms with Gasteiger partial charge in [-0.05, 0) is 23.2 Å². The van der Waals surface area contributed by atoms with Crippen molar-refractivity contribution in [2.24, 2.45) is 5.73 Å². The first-order valence-electron chi connectivity index (χ1n) is 4.56. The van der Waals surface area contributed by atoms with Crippen LogP contribution in [0.15, 0.2) is 55.0 Å². The van der Waals surface area contributed by atoms with Crippen molar-refractivity contribution in [1.82, 2.24) is 4.98 Å². The number of nitrogens with zero attached hydrogens (tertiary/aromatic N) is 2. The fourth-order valence-corrected chi connectivity index (χ4v) is 1.06. The summed E-state index contributed by atoms with van der Waals surface area (Å²) in [6.45, 7) is 0. The SMILES string of the molecule is NC(=O)O.c1cc[n+](-c2ccccn2)cc1. The van der Waals surface area contributed by atoms with Crippen LogP contribution in [0.5, 0.6) is 0 Å². The van der Waals surface area contributed by atoms with E-state index < -0.39 is 6.09 Å². The predicted octanol–water partition coefficient (Wildman–Crippen LogP) is 0.981. The smallest absolute Gasteiger partial charge is 0.402 e. The second kappa shape index (κ2) is 6.13. The maximum Gasteiger partial charge on any atom is 0.402 e. The maximum absolute atomic E-state index is 8.78. The van der Waals surface area contributed by atoms with Gasteiger partial charge in [0, 0.05) is 6.07 Å². The number of pyridine rings is 2. The van der Waals surface area contributed by atoms with E-state index in [1.165, 1.54) is 0 Å². The zero-order valence-corrected chi connectivity index (χ0v) is 8.52. The first kappa shape index (κ1) is 11.6. The topological polar surface area (TPSA) is 80.1 Å². The molecule has 5 nitrogen and oxygen atoms in total. The van der Waals surface area contributed by atoms with Crippen LogP contribution >= 0.6 is 0 Å². The Bertz CT molecular complexity index is 390. The van der Waals surface area contributed by atoms with Crippen LogP contribution in [0.2, 0.25) is 0 Å². The number of rotatable bonds is 1. The highest BCUT2D eigenvalue weighted by Gasteiger charge is 2.01. The van der Waals surface area contributed by atoms with Gasteiger partial charge in [0.15, 0.2) is 0 Å². The maximum atomic E-state index is 8.78. The molecular weight excluding hydrogens is 206 g/mol. The average molecular weight is 218 g/mol. The van der Waals surface area contributed by atoms with Crippen molar-refractivity contribution in [3.05, 3.63) is 55.0 Å². The van der Waals surface area contributed by atoms with E-state index in [1.807, 2.05) is 53.4 Å². The Morgan fingerprint density at radius 2 is 1.81 bits per heavy atom. The lowest BCUT2D eigenvalue weighted by Crippen LogP contribution is -2.29. The summed E-state index contributed by atoms with van der Waals surface area (Å²) < 4.78 is 1.97. The van der Waals surface area contributed by atoms with Crippen molar-refractivity contribution in [3.63, 3.8) is 0 Å². The molecule has 0 radical (unpaired) electrons. The lowest BCUT2D eigenvalue weighted by molar-refractivity contribution is -0.599. The van der Waals surface area contributed by atoms with Gasteiger partial charge in [0.25, 0.3) is 0 Å². The van der Waals surface area contributed by atoms with E-state index in [0.29, 0.717) is 0 Å². The molecule has 0 aliphatic heterocycles. The zero-order chi connectivity index (χ0) is 11.8. The summed E-state index contributed by atoms with van der Waals surface area (Å²) in [4.78, 5) is 13.0. The van der Waals surface area contributed by atoms with Gasteiger partial charge in [-0.1, -0.05) is 12.1 Å². The van der Waals surface area contributed by atoms with Crippen molar-refractivity contribution in [2.45, 2.75) is 0 Å². The number of carboxylic acid groups (broad SMARTS) is 1. The molecule has 0 bridgehead atoms. The summed E-state index contributed by atoms with van der Waals surface area (Å²) in [6.07, 6.45) is 4.40. The second-order valence-corrected chi connectivity index (χ2v) is 2.81. The molecule has 2 aromatic rings. The quantitative estimate of drug-likeness (QED) is 0.700. The zero-order valence-electron chi connectivity index (χ0n) is 8.52. The third kappa shape index (κ3) is 4.19. The fraction of sp³-hybridized carbons (Fsp3) is 0. The minimum atomic E-state index is -1.33. The number of hydrogen-bond acceptors (Lipinski definition) is 2. The molecule has 0 unspecified atom stereocenters. The summed E-state index contributed by atoms with van der Waals surface area (Å²) in [6, 6.07) is 11.8. The Kier molecular flexibility index (Phi) is 4.46. The average Bonchev–Trinajstić information content (AvgIpc) is 2.31. The molecule has 0 saturated carbocycles. The largest absolute Gasteiger partial charge is 0.465 e. The van der Waals surface area contributed by atoms with Crippen LogP contribution in [-0.4, -0.2) is 16.2 Å². The molecule has 0 aliphatic rings. The normalized spacial score (nSPS) is 8.75. The Morgan fingerprint density at radius 1 is 1.19 bits per heavy atom. The number of hydrogen-bond donors (Lipinski definition) is 2. The molecule has 0 saturated heterocycles. The van der Waals surface area contributed by atoms with Crippen LogP contribution in [0.3, 0.4) is 0 Å². The molecule has 3 N–H and O–H groups in total. The van der Waals surface area contributed by atoms with Gasteiger partial charge < -0.3 is 10.8 Å². The first-order valence-corrected chi connectivity index (χ1v) is 4.56. The van der Waals surface area contributed by atoms with Crippen molar-refractivity contribution < 1.29 is 14.5 Å². The van der Waals surface area contributed by atoms with Crippen LogP contribution in [0.4, 0.5) is 4.79 Å². The second-order valence-electron chi connectivity index (χ2n) is 2.81. The van der Waals surface area contributed by atoms with Gasteiger partial charge in [0.05, 0.1) is 12.4 Å². The number of aromatic nitrogens is 2. The van der Waals surface area contributed by atoms with Gasteiger partial charge in [-0.25, -0.2) is 9.36 Å². The van der Waals surface area contributed by atoms with Gasteiger partial charge >= 0.3 is 11.9 Å². The summed E-state index contributed by atoms with van der Waals surface area (Å²) in [5.74, 6) is 0.943. The molecule has 2 aromatic heterocycles. The molecular formula is C11H12N3O2+. The Hall–Kier alpha value is -2.43. The monoisotopic (exact) mass is 218 g/mol. The van der Waals surface area contributed by atoms with Crippen LogP contribution in [0.1, 0.15) is 0 Å². The summed E-state index contributed by atoms with van der Waals surface area (Å²) in [7, 11) is 0. The van der Waals surface area contributed by atoms with Crippen LogP contribution in [-0.2, 0) is 0 Å². The number of primary amides is 1. The van der Waals surface area contributed by atoms with Crippen LogP contribution < -0.4 is 10.3 Å². The Morgan fingerprint density at radius 3 is 2.31 bits per heavy atom. The summed E-state index contributed by atoms with van der Waals surface area (Å²) in [5.41, 5.74) is 4.03. The summed E-state index contributed by atoms with van der Waals surface area (Å²) >= 11 is 0. The number of nitrogens with two attached hydrogens (primary N) is 1. The first-order chi connectivity index (χ1) is 7.70. The van der Waals surface area contributed by atoms with Crippen molar-refractivity contribution in [2.75, 3.05) is 0 Å². The predicted molar refractivity (Wildman–Crippen MR) is 58.0 cm³/mol.